The van der Waals surface area contributed by atoms with Crippen molar-refractivity contribution in [3.63, 3.8) is 0 Å². The third-order valence-electron chi connectivity index (χ3n) is 4.53. The van der Waals surface area contributed by atoms with Crippen LogP contribution in [0.25, 0.3) is 0 Å². The number of ether oxygens (including phenoxy) is 1. The van der Waals surface area contributed by atoms with Crippen molar-refractivity contribution < 1.29 is 14.3 Å². The second-order valence-electron chi connectivity index (χ2n) is 6.01. The van der Waals surface area contributed by atoms with Crippen LogP contribution >= 0.6 is 11.6 Å². The fourth-order valence-corrected chi connectivity index (χ4v) is 3.55. The summed E-state index contributed by atoms with van der Waals surface area (Å²) in [5, 5.41) is 0.518. The molecule has 0 unspecified atom stereocenters. The number of aryl methyl sites for hydroxylation is 1. The third-order valence-corrected chi connectivity index (χ3v) is 4.74. The Hall–Kier alpha value is -2.27. The summed E-state index contributed by atoms with van der Waals surface area (Å²) in [6.07, 6.45) is 1.69. The smallest absolute Gasteiger partial charge is 0.311 e. The second-order valence-corrected chi connectivity index (χ2v) is 6.45. The SMILES string of the molecule is COC(=O)[C@H]1CN(C(=O)c2cc(Cl)cn2C)C[C@@H]1c1ccccc1. The average molecular weight is 347 g/mol. The van der Waals surface area contributed by atoms with Crippen molar-refractivity contribution in [2.45, 2.75) is 5.92 Å². The summed E-state index contributed by atoms with van der Waals surface area (Å²) in [6, 6.07) is 11.4. The number of aromatic nitrogens is 1. The van der Waals surface area contributed by atoms with Crippen LogP contribution in [0.3, 0.4) is 0 Å². The predicted molar refractivity (Wildman–Crippen MR) is 91.0 cm³/mol. The molecule has 2 heterocycles. The molecule has 1 amide bonds. The lowest BCUT2D eigenvalue weighted by Crippen LogP contribution is -2.31. The summed E-state index contributed by atoms with van der Waals surface area (Å²) < 4.78 is 6.65. The van der Waals surface area contributed by atoms with Crippen LogP contribution in [0.4, 0.5) is 0 Å². The van der Waals surface area contributed by atoms with Crippen molar-refractivity contribution in [3.8, 4) is 0 Å². The monoisotopic (exact) mass is 346 g/mol. The van der Waals surface area contributed by atoms with Crippen molar-refractivity contribution in [1.82, 2.24) is 9.47 Å². The van der Waals surface area contributed by atoms with Gasteiger partial charge in [-0.1, -0.05) is 41.9 Å². The quantitative estimate of drug-likeness (QED) is 0.803. The van der Waals surface area contributed by atoms with Crippen molar-refractivity contribution in [3.05, 3.63) is 58.9 Å². The molecule has 1 aromatic heterocycles. The van der Waals surface area contributed by atoms with E-state index in [9.17, 15) is 9.59 Å². The maximum Gasteiger partial charge on any atom is 0.311 e. The summed E-state index contributed by atoms with van der Waals surface area (Å²) in [7, 11) is 3.16. The van der Waals surface area contributed by atoms with Gasteiger partial charge in [-0.2, -0.15) is 0 Å². The van der Waals surface area contributed by atoms with E-state index < -0.39 is 0 Å². The Bertz CT molecular complexity index is 757. The van der Waals surface area contributed by atoms with Crippen molar-refractivity contribution >= 4 is 23.5 Å². The molecule has 1 aromatic carbocycles. The lowest BCUT2D eigenvalue weighted by molar-refractivity contribution is -0.145. The Kier molecular flexibility index (Phi) is 4.62. The Balaban J connectivity index is 1.88. The minimum Gasteiger partial charge on any atom is -0.469 e. The molecule has 2 aromatic rings. The molecule has 0 bridgehead atoms. The Morgan fingerprint density at radius 3 is 2.50 bits per heavy atom. The van der Waals surface area contributed by atoms with Crippen LogP contribution in [0.2, 0.25) is 5.02 Å². The number of hydrogen-bond donors (Lipinski definition) is 0. The van der Waals surface area contributed by atoms with Gasteiger partial charge in [0, 0.05) is 32.3 Å². The summed E-state index contributed by atoms with van der Waals surface area (Å²) >= 11 is 5.98. The number of halogens is 1. The van der Waals surface area contributed by atoms with Gasteiger partial charge in [-0.25, -0.2) is 0 Å². The standard InChI is InChI=1S/C18H19ClN2O3/c1-20-9-13(19)8-16(20)17(22)21-10-14(12-6-4-3-5-7-12)15(11-21)18(23)24-2/h3-9,14-15H,10-11H2,1-2H3/t14-,15+/m1/s1. The van der Waals surface area contributed by atoms with Crippen LogP contribution in [0.15, 0.2) is 42.6 Å². The first-order valence-corrected chi connectivity index (χ1v) is 8.13. The molecule has 0 radical (unpaired) electrons. The molecular formula is C18H19ClN2O3. The Morgan fingerprint density at radius 2 is 1.92 bits per heavy atom. The summed E-state index contributed by atoms with van der Waals surface area (Å²) in [5.74, 6) is -0.851. The van der Waals surface area contributed by atoms with E-state index in [1.807, 2.05) is 30.3 Å². The topological polar surface area (TPSA) is 51.5 Å². The van der Waals surface area contributed by atoms with Gasteiger partial charge in [0.2, 0.25) is 0 Å². The number of benzene rings is 1. The minimum absolute atomic E-state index is 0.0710. The van der Waals surface area contributed by atoms with E-state index >= 15 is 0 Å². The van der Waals surface area contributed by atoms with Gasteiger partial charge in [0.05, 0.1) is 18.1 Å². The van der Waals surface area contributed by atoms with E-state index in [1.54, 1.807) is 28.8 Å². The number of hydrogen-bond acceptors (Lipinski definition) is 3. The molecule has 1 aliphatic heterocycles. The first-order chi connectivity index (χ1) is 11.5. The van der Waals surface area contributed by atoms with E-state index in [4.69, 9.17) is 16.3 Å². The number of nitrogens with zero attached hydrogens (tertiary/aromatic N) is 2. The highest BCUT2D eigenvalue weighted by Crippen LogP contribution is 2.34. The highest BCUT2D eigenvalue weighted by atomic mass is 35.5. The third kappa shape index (κ3) is 3.04. The van der Waals surface area contributed by atoms with E-state index in [-0.39, 0.29) is 23.7 Å². The first kappa shape index (κ1) is 16.6. The molecule has 1 fully saturated rings. The number of rotatable bonds is 3. The highest BCUT2D eigenvalue weighted by Gasteiger charge is 2.41. The van der Waals surface area contributed by atoms with Gasteiger partial charge in [0.25, 0.3) is 5.91 Å². The number of likely N-dealkylation sites (tertiary alicyclic amines) is 1. The van der Waals surface area contributed by atoms with Gasteiger partial charge in [-0.3, -0.25) is 9.59 Å². The van der Waals surface area contributed by atoms with Crippen LogP contribution in [0.5, 0.6) is 0 Å². The molecule has 6 heteroatoms. The number of amides is 1. The maximum absolute atomic E-state index is 12.8. The van der Waals surface area contributed by atoms with E-state index in [2.05, 4.69) is 0 Å². The van der Waals surface area contributed by atoms with E-state index in [1.165, 1.54) is 7.11 Å². The van der Waals surface area contributed by atoms with Crippen LogP contribution in [0, 0.1) is 5.92 Å². The number of methoxy groups -OCH3 is 1. The second kappa shape index (κ2) is 6.69. The zero-order valence-corrected chi connectivity index (χ0v) is 14.4. The van der Waals surface area contributed by atoms with Crippen LogP contribution in [-0.2, 0) is 16.6 Å². The van der Waals surface area contributed by atoms with Gasteiger partial charge in [0.15, 0.2) is 0 Å². The number of carbonyl (C=O) groups is 2. The maximum atomic E-state index is 12.8. The fraction of sp³-hybridized carbons (Fsp3) is 0.333. The Labute approximate surface area is 145 Å². The largest absolute Gasteiger partial charge is 0.469 e. The molecule has 2 atom stereocenters. The summed E-state index contributed by atoms with van der Waals surface area (Å²) in [6.45, 7) is 0.819. The molecule has 3 rings (SSSR count). The van der Waals surface area contributed by atoms with Gasteiger partial charge in [-0.15, -0.1) is 0 Å². The molecule has 0 aliphatic carbocycles. The van der Waals surface area contributed by atoms with Crippen molar-refractivity contribution in [2.75, 3.05) is 20.2 Å². The zero-order valence-electron chi connectivity index (χ0n) is 13.6. The number of esters is 1. The Morgan fingerprint density at radius 1 is 1.21 bits per heavy atom. The number of carbonyl (C=O) groups excluding carboxylic acids is 2. The molecule has 0 saturated carbocycles. The minimum atomic E-state index is -0.364. The van der Waals surface area contributed by atoms with Crippen LogP contribution < -0.4 is 0 Å². The fourth-order valence-electron chi connectivity index (χ4n) is 3.30. The zero-order chi connectivity index (χ0) is 17.3. The van der Waals surface area contributed by atoms with E-state index in [0.717, 1.165) is 5.56 Å². The van der Waals surface area contributed by atoms with Gasteiger partial charge >= 0.3 is 5.97 Å². The summed E-state index contributed by atoms with van der Waals surface area (Å²) in [4.78, 5) is 26.7. The molecular weight excluding hydrogens is 328 g/mol. The van der Waals surface area contributed by atoms with E-state index in [0.29, 0.717) is 23.8 Å². The lowest BCUT2D eigenvalue weighted by Gasteiger charge is -2.17. The molecule has 1 aliphatic rings. The molecule has 126 valence electrons. The molecule has 0 N–H and O–H groups in total. The highest BCUT2D eigenvalue weighted by molar-refractivity contribution is 6.31. The molecule has 24 heavy (non-hydrogen) atoms. The lowest BCUT2D eigenvalue weighted by atomic mass is 9.89. The molecule has 0 spiro atoms. The van der Waals surface area contributed by atoms with Gasteiger partial charge in [0.1, 0.15) is 5.69 Å². The van der Waals surface area contributed by atoms with Crippen molar-refractivity contribution in [1.29, 1.82) is 0 Å². The van der Waals surface area contributed by atoms with Crippen LogP contribution in [0.1, 0.15) is 22.0 Å². The molecule has 1 saturated heterocycles. The van der Waals surface area contributed by atoms with Crippen molar-refractivity contribution in [2.24, 2.45) is 13.0 Å². The first-order valence-electron chi connectivity index (χ1n) is 7.75. The predicted octanol–water partition coefficient (Wildman–Crippen LogP) is 2.71. The summed E-state index contributed by atoms with van der Waals surface area (Å²) in [5.41, 5.74) is 1.55. The van der Waals surface area contributed by atoms with Gasteiger partial charge in [-0.05, 0) is 11.6 Å². The van der Waals surface area contributed by atoms with Gasteiger partial charge < -0.3 is 14.2 Å². The molecule has 5 nitrogen and oxygen atoms in total. The normalized spacial score (nSPS) is 20.2. The average Bonchev–Trinajstić information content (AvgIpc) is 3.18. The van der Waals surface area contributed by atoms with Crippen LogP contribution in [-0.4, -0.2) is 41.5 Å².